The lowest BCUT2D eigenvalue weighted by molar-refractivity contribution is -0.136. The fourth-order valence-corrected chi connectivity index (χ4v) is 6.76. The molecule has 0 atom stereocenters. The molecule has 0 amide bonds. The zero-order valence-corrected chi connectivity index (χ0v) is 22.4. The summed E-state index contributed by atoms with van der Waals surface area (Å²) in [5.41, 5.74) is 0. The van der Waals surface area contributed by atoms with E-state index in [1.165, 1.54) is 83.5 Å². The van der Waals surface area contributed by atoms with Crippen molar-refractivity contribution in [3.63, 3.8) is 0 Å². The van der Waals surface area contributed by atoms with Gasteiger partial charge in [0.05, 0.1) is 0 Å². The Morgan fingerprint density at radius 2 is 0.971 bits per heavy atom. The lowest BCUT2D eigenvalue weighted by Crippen LogP contribution is -2.62. The van der Waals surface area contributed by atoms with Gasteiger partial charge in [0, 0.05) is 16.8 Å². The van der Waals surface area contributed by atoms with Crippen LogP contribution < -0.4 is 10.4 Å². The normalized spacial score (nSPS) is 11.5. The maximum Gasteiger partial charge on any atom is 0.467 e. The van der Waals surface area contributed by atoms with E-state index in [0.29, 0.717) is 16.8 Å². The van der Waals surface area contributed by atoms with Crippen LogP contribution in [-0.2, 0) is 9.22 Å². The molecule has 2 aromatic rings. The zero-order chi connectivity index (χ0) is 24.3. The van der Waals surface area contributed by atoms with Crippen molar-refractivity contribution in [2.75, 3.05) is 0 Å². The molecule has 0 heterocycles. The van der Waals surface area contributed by atoms with Crippen molar-refractivity contribution < 1.29 is 14.0 Å². The summed E-state index contributed by atoms with van der Waals surface area (Å²) in [5, 5.41) is 1.40. The molecule has 0 spiro atoms. The van der Waals surface area contributed by atoms with Gasteiger partial charge in [0.15, 0.2) is 0 Å². The minimum Gasteiger partial charge on any atom is -0.487 e. The fraction of sp³-hybridized carbons (Fsp3) is 0.567. The number of hydrogen-bond acceptors (Lipinski definition) is 3. The molecule has 0 aliphatic rings. The van der Waals surface area contributed by atoms with Crippen LogP contribution in [0.15, 0.2) is 60.7 Å². The first-order chi connectivity index (χ1) is 16.7. The van der Waals surface area contributed by atoms with Crippen molar-refractivity contribution in [3.05, 3.63) is 60.7 Å². The third-order valence-corrected chi connectivity index (χ3v) is 9.33. The van der Waals surface area contributed by atoms with Gasteiger partial charge in [0.2, 0.25) is 0 Å². The highest BCUT2D eigenvalue weighted by Gasteiger charge is 2.42. The Morgan fingerprint density at radius 1 is 0.618 bits per heavy atom. The molecule has 0 unspecified atom stereocenters. The van der Waals surface area contributed by atoms with Crippen LogP contribution in [0.1, 0.15) is 110 Å². The van der Waals surface area contributed by atoms with Gasteiger partial charge < -0.3 is 9.22 Å². The highest BCUT2D eigenvalue weighted by atomic mass is 28.4. The van der Waals surface area contributed by atoms with Crippen LogP contribution in [0.5, 0.6) is 0 Å². The standard InChI is InChI=1S/C30H46O3Si/c1-2-3-4-5-6-7-8-9-10-11-12-13-14-15-22-27-30(31)33-34(32,28-23-18-16-19-24-28)29-25-20-17-21-26-29/h16-21,23-26,32H,2-15,22,27H2,1H3. The Hall–Kier alpha value is -1.91. The molecular formula is C30H46O3Si. The van der Waals surface area contributed by atoms with Crippen LogP contribution in [0.25, 0.3) is 0 Å². The zero-order valence-electron chi connectivity index (χ0n) is 21.4. The van der Waals surface area contributed by atoms with E-state index in [-0.39, 0.29) is 5.97 Å². The van der Waals surface area contributed by atoms with E-state index in [2.05, 4.69) is 6.92 Å². The Kier molecular flexibility index (Phi) is 14.6. The average molecular weight is 483 g/mol. The molecule has 4 heteroatoms. The largest absolute Gasteiger partial charge is 0.487 e. The molecule has 188 valence electrons. The van der Waals surface area contributed by atoms with Gasteiger partial charge in [-0.15, -0.1) is 0 Å². The molecule has 0 aromatic heterocycles. The SMILES string of the molecule is CCCCCCCCCCCCCCCCCC(=O)O[Si](O)(c1ccccc1)c1ccccc1. The molecular weight excluding hydrogens is 436 g/mol. The molecule has 0 saturated heterocycles. The third kappa shape index (κ3) is 11.0. The van der Waals surface area contributed by atoms with Crippen molar-refractivity contribution >= 4 is 24.9 Å². The third-order valence-electron chi connectivity index (χ3n) is 6.58. The summed E-state index contributed by atoms with van der Waals surface area (Å²) in [6, 6.07) is 18.7. The van der Waals surface area contributed by atoms with Crippen molar-refractivity contribution in [1.29, 1.82) is 0 Å². The van der Waals surface area contributed by atoms with Gasteiger partial charge in [-0.05, 0) is 6.42 Å². The molecule has 2 rings (SSSR count). The lowest BCUT2D eigenvalue weighted by Gasteiger charge is -2.25. The van der Waals surface area contributed by atoms with Crippen molar-refractivity contribution in [1.82, 2.24) is 0 Å². The number of hydrogen-bond donors (Lipinski definition) is 1. The van der Waals surface area contributed by atoms with Gasteiger partial charge in [0.25, 0.3) is 5.97 Å². The van der Waals surface area contributed by atoms with Gasteiger partial charge in [-0.3, -0.25) is 4.79 Å². The van der Waals surface area contributed by atoms with E-state index in [4.69, 9.17) is 4.43 Å². The highest BCUT2D eigenvalue weighted by molar-refractivity contribution is 6.92. The molecule has 0 aliphatic carbocycles. The molecule has 0 saturated carbocycles. The maximum atomic E-state index is 12.6. The van der Waals surface area contributed by atoms with Crippen LogP contribution in [0, 0.1) is 0 Å². The van der Waals surface area contributed by atoms with E-state index in [9.17, 15) is 9.59 Å². The fourth-order valence-electron chi connectivity index (χ4n) is 4.47. The van der Waals surface area contributed by atoms with Gasteiger partial charge in [-0.1, -0.05) is 157 Å². The Bertz CT molecular complexity index is 724. The molecule has 1 N–H and O–H groups in total. The summed E-state index contributed by atoms with van der Waals surface area (Å²) in [5.74, 6) is -0.295. The van der Waals surface area contributed by atoms with Crippen LogP contribution in [-0.4, -0.2) is 19.3 Å². The van der Waals surface area contributed by atoms with E-state index >= 15 is 0 Å². The number of rotatable bonds is 19. The second kappa shape index (κ2) is 17.5. The first-order valence-corrected chi connectivity index (χ1v) is 15.6. The van der Waals surface area contributed by atoms with Crippen LogP contribution in [0.2, 0.25) is 0 Å². The Morgan fingerprint density at radius 3 is 1.35 bits per heavy atom. The van der Waals surface area contributed by atoms with Crippen molar-refractivity contribution in [2.24, 2.45) is 0 Å². The molecule has 34 heavy (non-hydrogen) atoms. The van der Waals surface area contributed by atoms with Gasteiger partial charge in [0.1, 0.15) is 0 Å². The van der Waals surface area contributed by atoms with Crippen molar-refractivity contribution in [2.45, 2.75) is 110 Å². The summed E-state index contributed by atoms with van der Waals surface area (Å²) < 4.78 is 5.78. The van der Waals surface area contributed by atoms with E-state index < -0.39 is 8.56 Å². The maximum absolute atomic E-state index is 12.6. The molecule has 0 fully saturated rings. The smallest absolute Gasteiger partial charge is 0.467 e. The van der Waals surface area contributed by atoms with Gasteiger partial charge >= 0.3 is 8.56 Å². The quantitative estimate of drug-likeness (QED) is 0.172. The van der Waals surface area contributed by atoms with Gasteiger partial charge in [-0.25, -0.2) is 0 Å². The molecule has 3 nitrogen and oxygen atoms in total. The summed E-state index contributed by atoms with van der Waals surface area (Å²) in [7, 11) is -3.52. The first kappa shape index (κ1) is 28.3. The number of carbonyl (C=O) groups is 1. The lowest BCUT2D eigenvalue weighted by atomic mass is 10.0. The predicted molar refractivity (Wildman–Crippen MR) is 146 cm³/mol. The second-order valence-electron chi connectivity index (χ2n) is 9.55. The minimum atomic E-state index is -3.52. The van der Waals surface area contributed by atoms with E-state index in [1.807, 2.05) is 60.7 Å². The Labute approximate surface area is 209 Å². The molecule has 2 aromatic carbocycles. The van der Waals surface area contributed by atoms with Crippen LogP contribution >= 0.6 is 0 Å². The predicted octanol–water partition coefficient (Wildman–Crippen LogP) is 7.04. The Balaban J connectivity index is 1.56. The second-order valence-corrected chi connectivity index (χ2v) is 12.2. The molecule has 0 aliphatic heterocycles. The topological polar surface area (TPSA) is 46.5 Å². The van der Waals surface area contributed by atoms with E-state index in [1.54, 1.807) is 0 Å². The summed E-state index contributed by atoms with van der Waals surface area (Å²) in [6.07, 6.45) is 19.8. The minimum absolute atomic E-state index is 0.295. The summed E-state index contributed by atoms with van der Waals surface area (Å²) in [6.45, 7) is 2.27. The van der Waals surface area contributed by atoms with Crippen LogP contribution in [0.4, 0.5) is 0 Å². The first-order valence-electron chi connectivity index (χ1n) is 13.7. The molecule has 0 bridgehead atoms. The number of carbonyl (C=O) groups excluding carboxylic acids is 1. The highest BCUT2D eigenvalue weighted by Crippen LogP contribution is 2.14. The van der Waals surface area contributed by atoms with E-state index in [0.717, 1.165) is 12.8 Å². The average Bonchev–Trinajstić information content (AvgIpc) is 2.87. The summed E-state index contributed by atoms with van der Waals surface area (Å²) >= 11 is 0. The van der Waals surface area contributed by atoms with Crippen molar-refractivity contribution in [3.8, 4) is 0 Å². The molecule has 0 radical (unpaired) electrons. The monoisotopic (exact) mass is 482 g/mol. The summed E-state index contributed by atoms with van der Waals surface area (Å²) in [4.78, 5) is 24.0. The van der Waals surface area contributed by atoms with Gasteiger partial charge in [-0.2, -0.15) is 0 Å². The number of unbranched alkanes of at least 4 members (excludes halogenated alkanes) is 14. The number of benzene rings is 2. The van der Waals surface area contributed by atoms with Crippen LogP contribution in [0.3, 0.4) is 0 Å².